The number of hydrogen-bond acceptors (Lipinski definition) is 1. The highest BCUT2D eigenvalue weighted by Gasteiger charge is 1.99. The van der Waals surface area contributed by atoms with E-state index in [2.05, 4.69) is 49.1 Å². The first-order valence-electron chi connectivity index (χ1n) is 4.67. The second-order valence-electron chi connectivity index (χ2n) is 3.63. The second-order valence-corrected chi connectivity index (χ2v) is 4.87. The first-order chi connectivity index (χ1) is 6.61. The molecule has 0 unspecified atom stereocenters. The molecule has 0 aliphatic heterocycles. The summed E-state index contributed by atoms with van der Waals surface area (Å²) in [6, 6.07) is 6.13. The Morgan fingerprint density at radius 3 is 2.71 bits per heavy atom. The Morgan fingerprint density at radius 2 is 2.14 bits per heavy atom. The van der Waals surface area contributed by atoms with Gasteiger partial charge in [-0.2, -0.15) is 0 Å². The Bertz CT molecular complexity index is 318. The summed E-state index contributed by atoms with van der Waals surface area (Å²) >= 11 is 2.28. The smallest absolute Gasteiger partial charge is 0.120 e. The predicted molar refractivity (Wildman–Crippen MR) is 69.6 cm³/mol. The first-order valence-corrected chi connectivity index (χ1v) is 5.75. The lowest BCUT2D eigenvalue weighted by atomic mass is 10.2. The predicted octanol–water partition coefficient (Wildman–Crippen LogP) is 3.97. The molecule has 0 amide bonds. The Morgan fingerprint density at radius 1 is 1.43 bits per heavy atom. The first kappa shape index (κ1) is 11.6. The highest BCUT2D eigenvalue weighted by atomic mass is 127. The van der Waals surface area contributed by atoms with Crippen molar-refractivity contribution in [1.82, 2.24) is 0 Å². The van der Waals surface area contributed by atoms with Crippen molar-refractivity contribution in [2.24, 2.45) is 5.92 Å². The third kappa shape index (κ3) is 3.70. The van der Waals surface area contributed by atoms with Crippen LogP contribution in [0.1, 0.15) is 19.4 Å². The summed E-state index contributed by atoms with van der Waals surface area (Å²) in [5, 5.41) is 0. The third-order valence-corrected chi connectivity index (χ3v) is 2.34. The summed E-state index contributed by atoms with van der Waals surface area (Å²) in [4.78, 5) is 0. The number of halogens is 1. The number of ether oxygens (including phenoxy) is 1. The van der Waals surface area contributed by atoms with Gasteiger partial charge in [0, 0.05) is 3.57 Å². The SMILES string of the molecule is C=Cc1cc(I)cc(OCC(C)C)c1. The molecule has 2 heteroatoms. The van der Waals surface area contributed by atoms with Gasteiger partial charge in [-0.25, -0.2) is 0 Å². The van der Waals surface area contributed by atoms with E-state index < -0.39 is 0 Å². The van der Waals surface area contributed by atoms with E-state index >= 15 is 0 Å². The fourth-order valence-electron chi connectivity index (χ4n) is 1.05. The van der Waals surface area contributed by atoms with Gasteiger partial charge in [-0.05, 0) is 52.3 Å². The van der Waals surface area contributed by atoms with Crippen LogP contribution < -0.4 is 4.74 Å². The number of rotatable bonds is 4. The van der Waals surface area contributed by atoms with Gasteiger partial charge < -0.3 is 4.74 Å². The van der Waals surface area contributed by atoms with Gasteiger partial charge in [-0.1, -0.05) is 26.5 Å². The quantitative estimate of drug-likeness (QED) is 0.765. The molecule has 0 aliphatic rings. The lowest BCUT2D eigenvalue weighted by Crippen LogP contribution is -2.04. The molecule has 0 bridgehead atoms. The van der Waals surface area contributed by atoms with Crippen LogP contribution in [0.15, 0.2) is 24.8 Å². The fourth-order valence-corrected chi connectivity index (χ4v) is 1.71. The molecular weight excluding hydrogens is 287 g/mol. The largest absolute Gasteiger partial charge is 0.493 e. The zero-order valence-corrected chi connectivity index (χ0v) is 10.7. The molecule has 14 heavy (non-hydrogen) atoms. The van der Waals surface area contributed by atoms with E-state index in [1.165, 1.54) is 3.57 Å². The third-order valence-electron chi connectivity index (χ3n) is 1.71. The van der Waals surface area contributed by atoms with Crippen molar-refractivity contribution in [3.8, 4) is 5.75 Å². The molecule has 0 spiro atoms. The second kappa shape index (κ2) is 5.39. The molecule has 1 aromatic rings. The summed E-state index contributed by atoms with van der Waals surface area (Å²) in [5.74, 6) is 1.49. The van der Waals surface area contributed by atoms with Crippen LogP contribution in [-0.2, 0) is 0 Å². The molecule has 1 rings (SSSR count). The molecule has 0 heterocycles. The van der Waals surface area contributed by atoms with Crippen LogP contribution in [0.5, 0.6) is 5.75 Å². The van der Waals surface area contributed by atoms with Gasteiger partial charge in [0.15, 0.2) is 0 Å². The Kier molecular flexibility index (Phi) is 4.45. The minimum absolute atomic E-state index is 0.556. The van der Waals surface area contributed by atoms with Crippen LogP contribution in [-0.4, -0.2) is 6.61 Å². The van der Waals surface area contributed by atoms with Gasteiger partial charge in [0.2, 0.25) is 0 Å². The van der Waals surface area contributed by atoms with Crippen LogP contribution in [0.3, 0.4) is 0 Å². The summed E-state index contributed by atoms with van der Waals surface area (Å²) < 4.78 is 6.82. The van der Waals surface area contributed by atoms with Crippen molar-refractivity contribution >= 4 is 28.7 Å². The zero-order valence-electron chi connectivity index (χ0n) is 8.59. The summed E-state index contributed by atoms with van der Waals surface area (Å²) in [5.41, 5.74) is 1.11. The van der Waals surface area contributed by atoms with Crippen molar-refractivity contribution in [2.75, 3.05) is 6.61 Å². The average molecular weight is 302 g/mol. The highest BCUT2D eigenvalue weighted by molar-refractivity contribution is 14.1. The molecule has 76 valence electrons. The van der Waals surface area contributed by atoms with Crippen molar-refractivity contribution < 1.29 is 4.74 Å². The van der Waals surface area contributed by atoms with Gasteiger partial charge in [0.1, 0.15) is 5.75 Å². The van der Waals surface area contributed by atoms with Crippen LogP contribution >= 0.6 is 22.6 Å². The maximum atomic E-state index is 5.64. The van der Waals surface area contributed by atoms with Crippen LogP contribution in [0.25, 0.3) is 6.08 Å². The van der Waals surface area contributed by atoms with E-state index in [1.807, 2.05) is 18.2 Å². The van der Waals surface area contributed by atoms with E-state index in [-0.39, 0.29) is 0 Å². The van der Waals surface area contributed by atoms with Crippen molar-refractivity contribution in [2.45, 2.75) is 13.8 Å². The monoisotopic (exact) mass is 302 g/mol. The average Bonchev–Trinajstić information content (AvgIpc) is 2.14. The van der Waals surface area contributed by atoms with Crippen molar-refractivity contribution in [1.29, 1.82) is 0 Å². The standard InChI is InChI=1S/C12H15IO/c1-4-10-5-11(13)7-12(6-10)14-8-9(2)3/h4-7,9H,1,8H2,2-3H3. The molecule has 0 aromatic heterocycles. The fraction of sp³-hybridized carbons (Fsp3) is 0.333. The highest BCUT2D eigenvalue weighted by Crippen LogP contribution is 2.20. The number of hydrogen-bond donors (Lipinski definition) is 0. The Labute approximate surface area is 99.3 Å². The molecule has 0 N–H and O–H groups in total. The summed E-state index contributed by atoms with van der Waals surface area (Å²) in [6.07, 6.45) is 1.84. The van der Waals surface area contributed by atoms with Crippen LogP contribution in [0.4, 0.5) is 0 Å². The number of benzene rings is 1. The molecule has 0 saturated heterocycles. The molecule has 0 fully saturated rings. The van der Waals surface area contributed by atoms with Crippen molar-refractivity contribution in [3.05, 3.63) is 33.9 Å². The van der Waals surface area contributed by atoms with E-state index in [1.54, 1.807) is 0 Å². The Hall–Kier alpha value is -0.510. The Balaban J connectivity index is 2.76. The topological polar surface area (TPSA) is 9.23 Å². The van der Waals surface area contributed by atoms with E-state index in [4.69, 9.17) is 4.74 Å². The molecular formula is C12H15IO. The molecule has 0 aliphatic carbocycles. The minimum atomic E-state index is 0.556. The van der Waals surface area contributed by atoms with E-state index in [0.717, 1.165) is 17.9 Å². The molecule has 0 saturated carbocycles. The maximum Gasteiger partial charge on any atom is 0.120 e. The lowest BCUT2D eigenvalue weighted by Gasteiger charge is -2.09. The van der Waals surface area contributed by atoms with Gasteiger partial charge in [-0.3, -0.25) is 0 Å². The maximum absolute atomic E-state index is 5.64. The lowest BCUT2D eigenvalue weighted by molar-refractivity contribution is 0.271. The van der Waals surface area contributed by atoms with Crippen LogP contribution in [0, 0.1) is 9.49 Å². The normalized spacial score (nSPS) is 10.3. The molecule has 0 atom stereocenters. The van der Waals surface area contributed by atoms with Crippen LogP contribution in [0.2, 0.25) is 0 Å². The van der Waals surface area contributed by atoms with Gasteiger partial charge >= 0.3 is 0 Å². The zero-order chi connectivity index (χ0) is 10.6. The van der Waals surface area contributed by atoms with Gasteiger partial charge in [0.05, 0.1) is 6.61 Å². The van der Waals surface area contributed by atoms with E-state index in [9.17, 15) is 0 Å². The van der Waals surface area contributed by atoms with E-state index in [0.29, 0.717) is 5.92 Å². The summed E-state index contributed by atoms with van der Waals surface area (Å²) in [6.45, 7) is 8.79. The minimum Gasteiger partial charge on any atom is -0.493 e. The molecule has 0 radical (unpaired) electrons. The molecule has 1 nitrogen and oxygen atoms in total. The van der Waals surface area contributed by atoms with Crippen molar-refractivity contribution in [3.63, 3.8) is 0 Å². The van der Waals surface area contributed by atoms with Gasteiger partial charge in [-0.15, -0.1) is 0 Å². The van der Waals surface area contributed by atoms with Gasteiger partial charge in [0.25, 0.3) is 0 Å². The summed E-state index contributed by atoms with van der Waals surface area (Å²) in [7, 11) is 0. The molecule has 1 aromatic carbocycles.